The van der Waals surface area contributed by atoms with E-state index >= 15 is 0 Å². The van der Waals surface area contributed by atoms with Gasteiger partial charge in [-0.1, -0.05) is 158 Å². The third-order valence-electron chi connectivity index (χ3n) is 11.5. The summed E-state index contributed by atoms with van der Waals surface area (Å²) >= 11 is 3.81. The van der Waals surface area contributed by atoms with Crippen molar-refractivity contribution in [3.63, 3.8) is 0 Å². The number of benzene rings is 9. The van der Waals surface area contributed by atoms with Gasteiger partial charge in [0, 0.05) is 68.1 Å². The van der Waals surface area contributed by atoms with Crippen LogP contribution in [0.3, 0.4) is 0 Å². The molecule has 3 heterocycles. The first-order chi connectivity index (χ1) is 28.8. The van der Waals surface area contributed by atoms with Crippen molar-refractivity contribution in [3.05, 3.63) is 200 Å². The van der Waals surface area contributed by atoms with Crippen molar-refractivity contribution in [1.29, 1.82) is 0 Å². The lowest BCUT2D eigenvalue weighted by atomic mass is 10.0. The van der Waals surface area contributed by atoms with Gasteiger partial charge in [-0.15, -0.1) is 22.7 Å². The summed E-state index contributed by atoms with van der Waals surface area (Å²) in [5.74, 6) is 0. The third-order valence-corrected chi connectivity index (χ3v) is 13.9. The quantitative estimate of drug-likeness (QED) is 0.167. The lowest BCUT2D eigenvalue weighted by Gasteiger charge is -2.26. The molecule has 4 heteroatoms. The molecule has 3 aromatic heterocycles. The number of hydrogen-bond donors (Lipinski definition) is 0. The molecule has 0 aliphatic heterocycles. The molecule has 272 valence electrons. The van der Waals surface area contributed by atoms with Gasteiger partial charge in [0.05, 0.1) is 5.69 Å². The highest BCUT2D eigenvalue weighted by atomic mass is 32.1. The van der Waals surface area contributed by atoms with Gasteiger partial charge in [-0.2, -0.15) is 0 Å². The molecule has 9 aromatic carbocycles. The largest absolute Gasteiger partial charge is 0.453 e. The summed E-state index contributed by atoms with van der Waals surface area (Å²) in [6, 6.07) is 72.2. The number of fused-ring (bicyclic) bond motifs is 10. The number of rotatable bonds is 6. The molecule has 0 saturated carbocycles. The lowest BCUT2D eigenvalue weighted by molar-refractivity contribution is 0.670. The molecule has 58 heavy (non-hydrogen) atoms. The van der Waals surface area contributed by atoms with E-state index in [1.807, 2.05) is 22.7 Å². The van der Waals surface area contributed by atoms with Crippen LogP contribution in [0.5, 0.6) is 0 Å². The minimum absolute atomic E-state index is 0.861. The van der Waals surface area contributed by atoms with E-state index in [0.717, 1.165) is 50.1 Å². The molecule has 0 unspecified atom stereocenters. The van der Waals surface area contributed by atoms with Crippen LogP contribution in [0.15, 0.2) is 205 Å². The van der Waals surface area contributed by atoms with Gasteiger partial charge in [-0.3, -0.25) is 0 Å². The molecular formula is C54H33NOS2. The fraction of sp³-hybridized carbons (Fsp3) is 0. The Morgan fingerprint density at radius 1 is 0.328 bits per heavy atom. The Kier molecular flexibility index (Phi) is 7.62. The molecule has 0 atom stereocenters. The average molecular weight is 776 g/mol. The van der Waals surface area contributed by atoms with Crippen molar-refractivity contribution in [2.75, 3.05) is 4.90 Å². The van der Waals surface area contributed by atoms with Crippen LogP contribution in [-0.4, -0.2) is 0 Å². The molecule has 0 radical (unpaired) electrons. The molecule has 2 nitrogen and oxygen atoms in total. The minimum atomic E-state index is 0.861. The zero-order valence-corrected chi connectivity index (χ0v) is 32.9. The second-order valence-electron chi connectivity index (χ2n) is 14.8. The maximum atomic E-state index is 6.97. The molecule has 0 aliphatic rings. The summed E-state index contributed by atoms with van der Waals surface area (Å²) in [6.07, 6.45) is 0. The first kappa shape index (κ1) is 33.2. The van der Waals surface area contributed by atoms with E-state index in [4.69, 9.17) is 4.42 Å². The van der Waals surface area contributed by atoms with E-state index in [0.29, 0.717) is 0 Å². The smallest absolute Gasteiger partial charge is 0.159 e. The Balaban J connectivity index is 1.02. The summed E-state index contributed by atoms with van der Waals surface area (Å²) in [7, 11) is 0. The molecule has 0 fully saturated rings. The minimum Gasteiger partial charge on any atom is -0.453 e. The summed E-state index contributed by atoms with van der Waals surface area (Å²) in [5, 5.41) is 7.57. The Morgan fingerprint density at radius 2 is 0.879 bits per heavy atom. The molecule has 12 aromatic rings. The van der Waals surface area contributed by atoms with Crippen LogP contribution in [0, 0.1) is 0 Å². The van der Waals surface area contributed by atoms with Crippen molar-refractivity contribution in [2.24, 2.45) is 0 Å². The van der Waals surface area contributed by atoms with Crippen molar-refractivity contribution in [2.45, 2.75) is 0 Å². The Hall–Kier alpha value is -6.98. The molecule has 0 N–H and O–H groups in total. The lowest BCUT2D eigenvalue weighted by Crippen LogP contribution is -2.10. The fourth-order valence-corrected chi connectivity index (χ4v) is 11.3. The highest BCUT2D eigenvalue weighted by Gasteiger charge is 2.22. The first-order valence-electron chi connectivity index (χ1n) is 19.6. The van der Waals surface area contributed by atoms with Crippen molar-refractivity contribution in [1.82, 2.24) is 0 Å². The predicted molar refractivity (Wildman–Crippen MR) is 250 cm³/mol. The zero-order valence-electron chi connectivity index (χ0n) is 31.2. The van der Waals surface area contributed by atoms with E-state index in [9.17, 15) is 0 Å². The number of anilines is 3. The summed E-state index contributed by atoms with van der Waals surface area (Å²) in [4.78, 5) is 2.34. The molecule has 0 amide bonds. The number of nitrogens with zero attached hydrogens (tertiary/aromatic N) is 1. The normalized spacial score (nSPS) is 11.8. The third kappa shape index (κ3) is 5.23. The van der Waals surface area contributed by atoms with Crippen LogP contribution in [0.1, 0.15) is 0 Å². The summed E-state index contributed by atoms with van der Waals surface area (Å²) < 4.78 is 12.3. The first-order valence-corrected chi connectivity index (χ1v) is 21.2. The van der Waals surface area contributed by atoms with Gasteiger partial charge in [0.2, 0.25) is 0 Å². The monoisotopic (exact) mass is 775 g/mol. The van der Waals surface area contributed by atoms with Gasteiger partial charge in [0.15, 0.2) is 5.58 Å². The van der Waals surface area contributed by atoms with Crippen LogP contribution in [0.4, 0.5) is 17.1 Å². The van der Waals surface area contributed by atoms with Gasteiger partial charge in [0.25, 0.3) is 0 Å². The highest BCUT2D eigenvalue weighted by molar-refractivity contribution is 7.30. The van der Waals surface area contributed by atoms with Gasteiger partial charge in [-0.25, -0.2) is 0 Å². The Bertz CT molecular complexity index is 3490. The van der Waals surface area contributed by atoms with Crippen molar-refractivity contribution < 1.29 is 4.42 Å². The van der Waals surface area contributed by atoms with Gasteiger partial charge < -0.3 is 9.32 Å². The van der Waals surface area contributed by atoms with Crippen LogP contribution in [0.25, 0.3) is 95.7 Å². The van der Waals surface area contributed by atoms with Crippen molar-refractivity contribution >= 4 is 102 Å². The van der Waals surface area contributed by atoms with Crippen LogP contribution in [-0.2, 0) is 0 Å². The van der Waals surface area contributed by atoms with Gasteiger partial charge >= 0.3 is 0 Å². The molecule has 0 spiro atoms. The van der Waals surface area contributed by atoms with E-state index in [2.05, 4.69) is 205 Å². The average Bonchev–Trinajstić information content (AvgIpc) is 3.99. The highest BCUT2D eigenvalue weighted by Crippen LogP contribution is 2.48. The fourth-order valence-electron chi connectivity index (χ4n) is 8.77. The van der Waals surface area contributed by atoms with E-state index in [-0.39, 0.29) is 0 Å². The topological polar surface area (TPSA) is 16.4 Å². The standard InChI is InChI=1S/C54H33NOS2/c1-3-12-34(13-4-1)35-24-28-38(29-25-35)55(47-22-11-20-43-42-19-9-17-40(51(42)56-52(43)47)36-14-5-2-6-15-36)39-30-26-37(27-31-39)41-18-10-21-44-45-32-33-49-50(54(45)58-53(41)44)46-16-7-8-23-48(46)57-49/h1-33H. The van der Waals surface area contributed by atoms with Crippen LogP contribution >= 0.6 is 22.7 Å². The number of furan rings is 1. The Morgan fingerprint density at radius 3 is 1.64 bits per heavy atom. The maximum Gasteiger partial charge on any atom is 0.159 e. The van der Waals surface area contributed by atoms with Gasteiger partial charge in [-0.05, 0) is 70.3 Å². The van der Waals surface area contributed by atoms with Crippen molar-refractivity contribution in [3.8, 4) is 33.4 Å². The van der Waals surface area contributed by atoms with E-state index in [1.54, 1.807) is 0 Å². The number of hydrogen-bond acceptors (Lipinski definition) is 4. The van der Waals surface area contributed by atoms with Gasteiger partial charge in [0.1, 0.15) is 5.58 Å². The van der Waals surface area contributed by atoms with Crippen LogP contribution < -0.4 is 4.90 Å². The number of para-hydroxylation sites is 2. The molecule has 0 aliphatic carbocycles. The second kappa shape index (κ2) is 13.3. The SMILES string of the molecule is c1ccc(-c2ccc(N(c3ccc(-c4cccc5c4sc4c5ccc5sc6ccccc6c54)cc3)c3cccc4c3oc3c(-c5ccccc5)cccc34)cc2)cc1. The Labute approximate surface area is 343 Å². The molecule has 12 rings (SSSR count). The van der Waals surface area contributed by atoms with E-state index in [1.165, 1.54) is 62.6 Å². The number of thiophene rings is 2. The molecular weight excluding hydrogens is 743 g/mol. The molecule has 0 bridgehead atoms. The van der Waals surface area contributed by atoms with E-state index < -0.39 is 0 Å². The summed E-state index contributed by atoms with van der Waals surface area (Å²) in [6.45, 7) is 0. The summed E-state index contributed by atoms with van der Waals surface area (Å²) in [5.41, 5.74) is 11.9. The maximum absolute atomic E-state index is 6.97. The second-order valence-corrected chi connectivity index (χ2v) is 16.9. The van der Waals surface area contributed by atoms with Crippen LogP contribution in [0.2, 0.25) is 0 Å². The predicted octanol–water partition coefficient (Wildman–Crippen LogP) is 16.8. The zero-order chi connectivity index (χ0) is 38.2. The molecule has 0 saturated heterocycles.